The van der Waals surface area contributed by atoms with E-state index in [1.807, 2.05) is 0 Å². The fraction of sp³-hybridized carbons (Fsp3) is 0.286. The van der Waals surface area contributed by atoms with Crippen molar-refractivity contribution in [3.05, 3.63) is 51.4 Å². The number of hydrogen-bond acceptors (Lipinski definition) is 3. The molecule has 1 aromatic carbocycles. The summed E-state index contributed by atoms with van der Waals surface area (Å²) in [5.41, 5.74) is 1.33. The van der Waals surface area contributed by atoms with Gasteiger partial charge in [0.2, 0.25) is 0 Å². The van der Waals surface area contributed by atoms with E-state index in [-0.39, 0.29) is 5.75 Å². The summed E-state index contributed by atoms with van der Waals surface area (Å²) >= 11 is 7.55. The molecule has 0 bridgehead atoms. The van der Waals surface area contributed by atoms with E-state index in [1.165, 1.54) is 11.6 Å². The maximum Gasteiger partial charge on any atom is 0.173 e. The number of para-hydroxylation sites is 1. The van der Waals surface area contributed by atoms with Crippen LogP contribution in [0.25, 0.3) is 0 Å². The molecule has 2 nitrogen and oxygen atoms in total. The number of ether oxygens (including phenoxy) is 1. The molecule has 102 valence electrons. The van der Waals surface area contributed by atoms with Gasteiger partial charge in [-0.2, -0.15) is 11.3 Å². The second-order valence-electron chi connectivity index (χ2n) is 4.03. The standard InChI is InChI=1S/C14H15ClFNOS/c15-12-2-1-3-13(16)14(12)18-8-7-17-6-4-11-5-9-19-10-11/h1-3,5,9-10,17H,4,6-8H2. The van der Waals surface area contributed by atoms with Crippen LogP contribution in [0.15, 0.2) is 35.0 Å². The smallest absolute Gasteiger partial charge is 0.173 e. The molecule has 0 saturated heterocycles. The molecule has 0 aliphatic heterocycles. The number of benzene rings is 1. The van der Waals surface area contributed by atoms with Gasteiger partial charge < -0.3 is 10.1 Å². The van der Waals surface area contributed by atoms with Crippen LogP contribution < -0.4 is 10.1 Å². The minimum absolute atomic E-state index is 0.129. The largest absolute Gasteiger partial charge is 0.488 e. The van der Waals surface area contributed by atoms with Gasteiger partial charge in [-0.1, -0.05) is 17.7 Å². The Morgan fingerprint density at radius 1 is 1.26 bits per heavy atom. The summed E-state index contributed by atoms with van der Waals surface area (Å²) in [6.45, 7) is 1.93. The van der Waals surface area contributed by atoms with Gasteiger partial charge in [-0.3, -0.25) is 0 Å². The van der Waals surface area contributed by atoms with Crippen LogP contribution in [-0.2, 0) is 6.42 Å². The molecule has 0 aliphatic rings. The molecule has 0 amide bonds. The molecular formula is C14H15ClFNOS. The second kappa shape index (κ2) is 7.48. The van der Waals surface area contributed by atoms with Crippen molar-refractivity contribution in [1.82, 2.24) is 5.32 Å². The number of rotatable bonds is 7. The van der Waals surface area contributed by atoms with Gasteiger partial charge in [-0.15, -0.1) is 0 Å². The lowest BCUT2D eigenvalue weighted by atomic mass is 10.2. The Morgan fingerprint density at radius 3 is 2.89 bits per heavy atom. The number of hydrogen-bond donors (Lipinski definition) is 1. The Balaban J connectivity index is 1.64. The van der Waals surface area contributed by atoms with E-state index in [1.54, 1.807) is 23.5 Å². The van der Waals surface area contributed by atoms with E-state index >= 15 is 0 Å². The van der Waals surface area contributed by atoms with Crippen LogP contribution in [0.5, 0.6) is 5.75 Å². The fourth-order valence-corrected chi connectivity index (χ4v) is 2.56. The van der Waals surface area contributed by atoms with Gasteiger partial charge in [-0.25, -0.2) is 4.39 Å². The van der Waals surface area contributed by atoms with Gasteiger partial charge in [-0.05, 0) is 47.5 Å². The molecule has 0 unspecified atom stereocenters. The number of thiophene rings is 1. The quantitative estimate of drug-likeness (QED) is 0.786. The van der Waals surface area contributed by atoms with Crippen molar-refractivity contribution in [2.24, 2.45) is 0 Å². The van der Waals surface area contributed by atoms with Gasteiger partial charge in [0.05, 0.1) is 5.02 Å². The monoisotopic (exact) mass is 299 g/mol. The maximum atomic E-state index is 13.4. The summed E-state index contributed by atoms with van der Waals surface area (Å²) in [5, 5.41) is 7.76. The highest BCUT2D eigenvalue weighted by molar-refractivity contribution is 7.07. The lowest BCUT2D eigenvalue weighted by Gasteiger charge is -2.09. The molecule has 0 radical (unpaired) electrons. The van der Waals surface area contributed by atoms with E-state index < -0.39 is 5.82 Å². The van der Waals surface area contributed by atoms with E-state index in [4.69, 9.17) is 16.3 Å². The third-order valence-corrected chi connectivity index (χ3v) is 3.64. The highest BCUT2D eigenvalue weighted by atomic mass is 35.5. The maximum absolute atomic E-state index is 13.4. The normalized spacial score (nSPS) is 10.6. The molecule has 1 N–H and O–H groups in total. The molecule has 0 saturated carbocycles. The molecule has 1 aromatic heterocycles. The van der Waals surface area contributed by atoms with Crippen LogP contribution in [-0.4, -0.2) is 19.7 Å². The highest BCUT2D eigenvalue weighted by Crippen LogP contribution is 2.26. The molecule has 5 heteroatoms. The number of halogens is 2. The molecule has 2 rings (SSSR count). The van der Waals surface area contributed by atoms with Crippen molar-refractivity contribution >= 4 is 22.9 Å². The van der Waals surface area contributed by atoms with Crippen molar-refractivity contribution in [3.8, 4) is 5.75 Å². The van der Waals surface area contributed by atoms with E-state index in [2.05, 4.69) is 22.1 Å². The van der Waals surface area contributed by atoms with Gasteiger partial charge >= 0.3 is 0 Å². The summed E-state index contributed by atoms with van der Waals surface area (Å²) in [7, 11) is 0. The predicted molar refractivity (Wildman–Crippen MR) is 77.8 cm³/mol. The SMILES string of the molecule is Fc1cccc(Cl)c1OCCNCCc1ccsc1. The topological polar surface area (TPSA) is 21.3 Å². The first-order valence-electron chi connectivity index (χ1n) is 6.06. The van der Waals surface area contributed by atoms with E-state index in [0.29, 0.717) is 18.2 Å². The minimum atomic E-state index is -0.425. The summed E-state index contributed by atoms with van der Waals surface area (Å²) in [6, 6.07) is 6.63. The van der Waals surface area contributed by atoms with E-state index in [0.717, 1.165) is 13.0 Å². The minimum Gasteiger partial charge on any atom is -0.488 e. The van der Waals surface area contributed by atoms with Crippen molar-refractivity contribution in [1.29, 1.82) is 0 Å². The van der Waals surface area contributed by atoms with Gasteiger partial charge in [0.1, 0.15) is 6.61 Å². The van der Waals surface area contributed by atoms with Gasteiger partial charge in [0.25, 0.3) is 0 Å². The van der Waals surface area contributed by atoms with E-state index in [9.17, 15) is 4.39 Å². The predicted octanol–water partition coefficient (Wildman–Crippen LogP) is 3.75. The van der Waals surface area contributed by atoms with Crippen molar-refractivity contribution in [2.75, 3.05) is 19.7 Å². The Kier molecular flexibility index (Phi) is 5.63. The van der Waals surface area contributed by atoms with Crippen molar-refractivity contribution in [3.63, 3.8) is 0 Å². The van der Waals surface area contributed by atoms with Crippen LogP contribution >= 0.6 is 22.9 Å². The lowest BCUT2D eigenvalue weighted by molar-refractivity contribution is 0.299. The van der Waals surface area contributed by atoms with Crippen molar-refractivity contribution < 1.29 is 9.13 Å². The van der Waals surface area contributed by atoms with Gasteiger partial charge in [0, 0.05) is 6.54 Å². The van der Waals surface area contributed by atoms with Crippen LogP contribution in [0.4, 0.5) is 4.39 Å². The van der Waals surface area contributed by atoms with Gasteiger partial charge in [0.15, 0.2) is 11.6 Å². The molecule has 2 aromatic rings. The Hall–Kier alpha value is -1.10. The van der Waals surface area contributed by atoms with Crippen molar-refractivity contribution in [2.45, 2.75) is 6.42 Å². The molecule has 1 heterocycles. The summed E-state index contributed by atoms with van der Waals surface area (Å²) in [6.07, 6.45) is 0.990. The first kappa shape index (κ1) is 14.3. The zero-order valence-electron chi connectivity index (χ0n) is 10.4. The third-order valence-electron chi connectivity index (χ3n) is 2.61. The first-order chi connectivity index (χ1) is 9.27. The van der Waals surface area contributed by atoms with Crippen LogP contribution in [0, 0.1) is 5.82 Å². The van der Waals surface area contributed by atoms with Crippen LogP contribution in [0.1, 0.15) is 5.56 Å². The molecule has 0 atom stereocenters. The van der Waals surface area contributed by atoms with Crippen LogP contribution in [0.2, 0.25) is 5.02 Å². The Bertz CT molecular complexity index is 484. The summed E-state index contributed by atoms with van der Waals surface area (Å²) in [5.74, 6) is -0.297. The highest BCUT2D eigenvalue weighted by Gasteiger charge is 2.07. The average molecular weight is 300 g/mol. The number of nitrogens with one attached hydrogen (secondary N) is 1. The lowest BCUT2D eigenvalue weighted by Crippen LogP contribution is -2.23. The molecule has 0 spiro atoms. The molecule has 19 heavy (non-hydrogen) atoms. The molecular weight excluding hydrogens is 285 g/mol. The first-order valence-corrected chi connectivity index (χ1v) is 7.38. The fourth-order valence-electron chi connectivity index (χ4n) is 1.64. The zero-order chi connectivity index (χ0) is 13.5. The molecule has 0 aliphatic carbocycles. The summed E-state index contributed by atoms with van der Waals surface area (Å²) in [4.78, 5) is 0. The Labute approximate surface area is 121 Å². The second-order valence-corrected chi connectivity index (χ2v) is 5.22. The molecule has 0 fully saturated rings. The zero-order valence-corrected chi connectivity index (χ0v) is 11.9. The Morgan fingerprint density at radius 2 is 2.16 bits per heavy atom. The van der Waals surface area contributed by atoms with Crippen LogP contribution in [0.3, 0.4) is 0 Å². The average Bonchev–Trinajstić information content (AvgIpc) is 2.89. The summed E-state index contributed by atoms with van der Waals surface area (Å²) < 4.78 is 18.7. The third kappa shape index (κ3) is 4.49.